The van der Waals surface area contributed by atoms with Gasteiger partial charge in [-0.25, -0.2) is 0 Å². The minimum atomic E-state index is 0.919. The maximum atomic E-state index is 4.59. The van der Waals surface area contributed by atoms with Crippen molar-refractivity contribution in [3.8, 4) is 0 Å². The van der Waals surface area contributed by atoms with E-state index in [1.54, 1.807) is 0 Å². The summed E-state index contributed by atoms with van der Waals surface area (Å²) in [5, 5.41) is 4.11. The van der Waals surface area contributed by atoms with E-state index in [9.17, 15) is 0 Å². The molecule has 0 fully saturated rings. The SMILES string of the molecule is Sc1cc2[nH]c1=Cc1ccc([nH]1)C=c1ccc([nH]1)=Cc1ccc([nH]1)C=2. The summed E-state index contributed by atoms with van der Waals surface area (Å²) in [5.74, 6) is 0. The van der Waals surface area contributed by atoms with Gasteiger partial charge in [-0.15, -0.1) is 12.6 Å². The van der Waals surface area contributed by atoms with Gasteiger partial charge < -0.3 is 19.9 Å². The summed E-state index contributed by atoms with van der Waals surface area (Å²) in [6, 6.07) is 14.5. The molecule has 5 heteroatoms. The maximum Gasteiger partial charge on any atom is 0.0541 e. The molecule has 0 radical (unpaired) electrons. The van der Waals surface area contributed by atoms with Crippen LogP contribution in [0.2, 0.25) is 0 Å². The van der Waals surface area contributed by atoms with Crippen molar-refractivity contribution in [1.82, 2.24) is 19.9 Å². The van der Waals surface area contributed by atoms with E-state index in [1.807, 2.05) is 6.07 Å². The third kappa shape index (κ3) is 2.79. The van der Waals surface area contributed by atoms with E-state index in [-0.39, 0.29) is 0 Å². The Bertz CT molecular complexity index is 1310. The average Bonchev–Trinajstić information content (AvgIpc) is 3.33. The predicted octanol–water partition coefficient (Wildman–Crippen LogP) is 0.916. The van der Waals surface area contributed by atoms with Crippen molar-refractivity contribution in [3.63, 3.8) is 0 Å². The second-order valence-corrected chi connectivity index (χ2v) is 6.69. The van der Waals surface area contributed by atoms with Crippen LogP contribution < -0.4 is 21.4 Å². The van der Waals surface area contributed by atoms with E-state index in [1.165, 1.54) is 0 Å². The lowest BCUT2D eigenvalue weighted by Gasteiger charge is -1.89. The third-order valence-corrected chi connectivity index (χ3v) is 4.64. The van der Waals surface area contributed by atoms with Crippen molar-refractivity contribution in [3.05, 3.63) is 86.6 Å². The Balaban J connectivity index is 1.81. The first-order valence-electron chi connectivity index (χ1n) is 8.09. The van der Waals surface area contributed by atoms with E-state index in [0.29, 0.717) is 0 Å². The van der Waals surface area contributed by atoms with Gasteiger partial charge in [0, 0.05) is 43.7 Å². The lowest BCUT2D eigenvalue weighted by Crippen LogP contribution is -2.11. The zero-order valence-corrected chi connectivity index (χ0v) is 14.2. The average molecular weight is 344 g/mol. The van der Waals surface area contributed by atoms with Crippen molar-refractivity contribution < 1.29 is 0 Å². The topological polar surface area (TPSA) is 63.2 Å². The van der Waals surface area contributed by atoms with Crippen molar-refractivity contribution in [2.45, 2.75) is 4.90 Å². The highest BCUT2D eigenvalue weighted by atomic mass is 32.1. The fourth-order valence-corrected chi connectivity index (χ4v) is 3.38. The second kappa shape index (κ2) is 5.50. The van der Waals surface area contributed by atoms with Gasteiger partial charge in [-0.2, -0.15) is 0 Å². The van der Waals surface area contributed by atoms with Crippen LogP contribution in [0.4, 0.5) is 0 Å². The first kappa shape index (κ1) is 14.3. The number of hydrogen-bond donors (Lipinski definition) is 5. The molecule has 4 N–H and O–H groups in total. The van der Waals surface area contributed by atoms with Gasteiger partial charge in [0.15, 0.2) is 0 Å². The molecule has 0 aliphatic carbocycles. The molecular weight excluding hydrogens is 328 g/mol. The Labute approximate surface area is 148 Å². The van der Waals surface area contributed by atoms with Crippen LogP contribution in [0.15, 0.2) is 47.4 Å². The molecule has 1 aliphatic heterocycles. The van der Waals surface area contributed by atoms with Crippen molar-refractivity contribution in [2.75, 3.05) is 0 Å². The monoisotopic (exact) mass is 344 g/mol. The molecule has 0 spiro atoms. The van der Waals surface area contributed by atoms with Gasteiger partial charge in [0.1, 0.15) is 0 Å². The Morgan fingerprint density at radius 3 is 1.64 bits per heavy atom. The third-order valence-electron chi connectivity index (χ3n) is 4.27. The summed E-state index contributed by atoms with van der Waals surface area (Å²) in [4.78, 5) is 14.6. The van der Waals surface area contributed by atoms with E-state index < -0.39 is 0 Å². The van der Waals surface area contributed by atoms with Gasteiger partial charge in [-0.3, -0.25) is 0 Å². The minimum absolute atomic E-state index is 0.919. The van der Waals surface area contributed by atoms with Crippen LogP contribution in [0.5, 0.6) is 0 Å². The van der Waals surface area contributed by atoms with Crippen molar-refractivity contribution >= 4 is 36.9 Å². The molecule has 0 amide bonds. The Kier molecular flexibility index (Phi) is 3.15. The van der Waals surface area contributed by atoms with Crippen LogP contribution in [0.25, 0.3) is 24.3 Å². The number of thiol groups is 1. The highest BCUT2D eigenvalue weighted by Crippen LogP contribution is 2.05. The summed E-state index contributed by atoms with van der Waals surface area (Å²) < 4.78 is 0. The number of nitrogens with one attached hydrogen (secondary N) is 4. The normalized spacial score (nSPS) is 12.7. The zero-order valence-electron chi connectivity index (χ0n) is 13.3. The molecule has 0 saturated carbocycles. The van der Waals surface area contributed by atoms with Gasteiger partial charge in [0.25, 0.3) is 0 Å². The number of aromatic amines is 4. The fourth-order valence-electron chi connectivity index (χ4n) is 3.12. The zero-order chi connectivity index (χ0) is 16.8. The van der Waals surface area contributed by atoms with Gasteiger partial charge in [0.05, 0.1) is 5.35 Å². The maximum absolute atomic E-state index is 4.59. The van der Waals surface area contributed by atoms with Gasteiger partial charge in [0.2, 0.25) is 0 Å². The molecule has 0 atom stereocenters. The van der Waals surface area contributed by atoms with E-state index in [4.69, 9.17) is 0 Å². The number of aromatic nitrogens is 4. The second-order valence-electron chi connectivity index (χ2n) is 6.21. The van der Waals surface area contributed by atoms with E-state index in [0.717, 1.165) is 49.1 Å². The molecule has 4 aromatic heterocycles. The highest BCUT2D eigenvalue weighted by Gasteiger charge is 1.99. The molecule has 25 heavy (non-hydrogen) atoms. The molecule has 8 bridgehead atoms. The molecule has 5 rings (SSSR count). The van der Waals surface area contributed by atoms with Crippen LogP contribution in [-0.2, 0) is 0 Å². The van der Waals surface area contributed by atoms with Gasteiger partial charge in [-0.1, -0.05) is 0 Å². The lowest BCUT2D eigenvalue weighted by molar-refractivity contribution is 1.21. The predicted molar refractivity (Wildman–Crippen MR) is 103 cm³/mol. The van der Waals surface area contributed by atoms with Crippen LogP contribution in [0.1, 0.15) is 22.8 Å². The van der Waals surface area contributed by atoms with E-state index in [2.05, 4.69) is 93.3 Å². The van der Waals surface area contributed by atoms with Crippen molar-refractivity contribution in [2.24, 2.45) is 0 Å². The summed E-state index contributed by atoms with van der Waals surface area (Å²) in [5.41, 5.74) is 4.17. The lowest BCUT2D eigenvalue weighted by atomic mass is 10.3. The number of H-pyrrole nitrogens is 4. The van der Waals surface area contributed by atoms with Crippen LogP contribution in [-0.4, -0.2) is 19.9 Å². The largest absolute Gasteiger partial charge is 0.355 e. The molecular formula is C20H16N4S. The number of rotatable bonds is 0. The summed E-state index contributed by atoms with van der Waals surface area (Å²) in [6.07, 6.45) is 8.33. The Morgan fingerprint density at radius 2 is 1.04 bits per heavy atom. The summed E-state index contributed by atoms with van der Waals surface area (Å²) in [7, 11) is 0. The standard InChI is InChI=1S/C20H16N4S/c25-20-11-18-9-16-4-3-14(22-16)7-12-1-2-13(21-12)8-15-5-6-17(23-15)10-19(20)24-18/h1-11,21-25H. The first-order chi connectivity index (χ1) is 12.2. The van der Waals surface area contributed by atoms with Gasteiger partial charge in [-0.05, 0) is 66.8 Å². The quantitative estimate of drug-likeness (QED) is 0.260. The van der Waals surface area contributed by atoms with Crippen LogP contribution in [0.3, 0.4) is 0 Å². The molecule has 4 nitrogen and oxygen atoms in total. The molecule has 5 heterocycles. The first-order valence-corrected chi connectivity index (χ1v) is 8.54. The summed E-state index contributed by atoms with van der Waals surface area (Å²) >= 11 is 4.59. The van der Waals surface area contributed by atoms with Crippen LogP contribution in [0, 0.1) is 0 Å². The molecule has 0 saturated heterocycles. The molecule has 0 unspecified atom stereocenters. The fraction of sp³-hybridized carbons (Fsp3) is 0. The van der Waals surface area contributed by atoms with Crippen molar-refractivity contribution in [1.29, 1.82) is 0 Å². The van der Waals surface area contributed by atoms with Crippen LogP contribution >= 0.6 is 12.6 Å². The molecule has 122 valence electrons. The number of fused-ring (bicyclic) bond motifs is 8. The minimum Gasteiger partial charge on any atom is -0.355 e. The molecule has 1 aliphatic rings. The Hall–Kier alpha value is -3.05. The molecule has 4 aromatic rings. The van der Waals surface area contributed by atoms with Gasteiger partial charge >= 0.3 is 0 Å². The Morgan fingerprint density at radius 1 is 0.520 bits per heavy atom. The molecule has 0 aromatic carbocycles. The number of hydrogen-bond acceptors (Lipinski definition) is 1. The highest BCUT2D eigenvalue weighted by molar-refractivity contribution is 7.80. The van der Waals surface area contributed by atoms with E-state index >= 15 is 0 Å². The smallest absolute Gasteiger partial charge is 0.0541 e. The summed E-state index contributed by atoms with van der Waals surface area (Å²) in [6.45, 7) is 0.